The molecule has 0 aromatic carbocycles. The highest BCUT2D eigenvalue weighted by Gasteiger charge is 2.38. The number of aliphatic imine (C=N–C) groups is 1. The van der Waals surface area contributed by atoms with E-state index < -0.39 is 0 Å². The van der Waals surface area contributed by atoms with E-state index in [9.17, 15) is 4.79 Å². The molecule has 1 amide bonds. The van der Waals surface area contributed by atoms with Crippen molar-refractivity contribution in [2.45, 2.75) is 70.1 Å². The van der Waals surface area contributed by atoms with Crippen molar-refractivity contribution in [2.24, 2.45) is 4.99 Å². The lowest BCUT2D eigenvalue weighted by atomic mass is 9.87. The van der Waals surface area contributed by atoms with E-state index in [1.165, 1.54) is 32.1 Å². The lowest BCUT2D eigenvalue weighted by Gasteiger charge is -2.45. The molecule has 6 heteroatoms. The molecule has 0 unspecified atom stereocenters. The molecule has 1 heterocycles. The summed E-state index contributed by atoms with van der Waals surface area (Å²) in [6.07, 6.45) is 6.71. The van der Waals surface area contributed by atoms with Gasteiger partial charge in [0.05, 0.1) is 0 Å². The first-order valence-electron chi connectivity index (χ1n) is 9.32. The number of thioether (sulfide) groups is 1. The molecular formula is C18H34N4OS. The highest BCUT2D eigenvalue weighted by atomic mass is 32.2. The maximum Gasteiger partial charge on any atom is 0.242 e. The van der Waals surface area contributed by atoms with E-state index >= 15 is 0 Å². The zero-order valence-corrected chi connectivity index (χ0v) is 16.6. The second-order valence-electron chi connectivity index (χ2n) is 7.98. The van der Waals surface area contributed by atoms with Gasteiger partial charge in [-0.2, -0.15) is 11.8 Å². The summed E-state index contributed by atoms with van der Waals surface area (Å²) in [5.41, 5.74) is -0.209. The van der Waals surface area contributed by atoms with Gasteiger partial charge in [-0.15, -0.1) is 0 Å². The normalized spacial score (nSPS) is 21.7. The monoisotopic (exact) mass is 354 g/mol. The van der Waals surface area contributed by atoms with Crippen LogP contribution in [0.15, 0.2) is 4.99 Å². The van der Waals surface area contributed by atoms with Crippen LogP contribution in [0.5, 0.6) is 0 Å². The zero-order chi connectivity index (χ0) is 17.6. The molecule has 2 aliphatic rings. The van der Waals surface area contributed by atoms with E-state index in [1.807, 2.05) is 20.8 Å². The number of nitrogens with one attached hydrogen (secondary N) is 2. The third kappa shape index (κ3) is 5.87. The summed E-state index contributed by atoms with van der Waals surface area (Å²) < 4.78 is 0.403. The second-order valence-corrected chi connectivity index (χ2v) is 9.54. The molecule has 0 aromatic rings. The van der Waals surface area contributed by atoms with Gasteiger partial charge in [0.25, 0.3) is 0 Å². The van der Waals surface area contributed by atoms with E-state index in [2.05, 4.69) is 39.2 Å². The van der Waals surface area contributed by atoms with Crippen molar-refractivity contribution in [3.8, 4) is 0 Å². The summed E-state index contributed by atoms with van der Waals surface area (Å²) in [5.74, 6) is 2.03. The summed E-state index contributed by atoms with van der Waals surface area (Å²) in [7, 11) is 0. The number of carbonyl (C=O) groups is 1. The van der Waals surface area contributed by atoms with Crippen LogP contribution in [0.25, 0.3) is 0 Å². The average molecular weight is 355 g/mol. The zero-order valence-electron chi connectivity index (χ0n) is 15.8. The molecule has 0 bridgehead atoms. The van der Waals surface area contributed by atoms with Gasteiger partial charge in [0, 0.05) is 35.7 Å². The van der Waals surface area contributed by atoms with Crippen molar-refractivity contribution < 1.29 is 4.79 Å². The predicted molar refractivity (Wildman–Crippen MR) is 104 cm³/mol. The van der Waals surface area contributed by atoms with Gasteiger partial charge in [-0.05, 0) is 40.5 Å². The Bertz CT molecular complexity index is 447. The van der Waals surface area contributed by atoms with Crippen molar-refractivity contribution in [1.82, 2.24) is 15.5 Å². The first kappa shape index (κ1) is 19.4. The number of rotatable bonds is 3. The van der Waals surface area contributed by atoms with Crippen LogP contribution in [0, 0.1) is 0 Å². The van der Waals surface area contributed by atoms with Crippen molar-refractivity contribution >= 4 is 23.6 Å². The first-order chi connectivity index (χ1) is 11.3. The van der Waals surface area contributed by atoms with Gasteiger partial charge >= 0.3 is 0 Å². The molecule has 0 atom stereocenters. The Morgan fingerprint density at radius 1 is 1.25 bits per heavy atom. The van der Waals surface area contributed by atoms with Crippen LogP contribution in [-0.2, 0) is 4.79 Å². The molecule has 1 spiro atoms. The van der Waals surface area contributed by atoms with Gasteiger partial charge in [0.2, 0.25) is 5.91 Å². The number of carbonyl (C=O) groups excluding carboxylic acids is 1. The first-order valence-corrected chi connectivity index (χ1v) is 10.3. The smallest absolute Gasteiger partial charge is 0.242 e. The number of guanidine groups is 1. The van der Waals surface area contributed by atoms with Gasteiger partial charge in [-0.1, -0.05) is 19.3 Å². The average Bonchev–Trinajstić information content (AvgIpc) is 2.50. The summed E-state index contributed by atoms with van der Waals surface area (Å²) >= 11 is 2.15. The van der Waals surface area contributed by atoms with Crippen LogP contribution >= 0.6 is 11.8 Å². The largest absolute Gasteiger partial charge is 0.357 e. The third-order valence-electron chi connectivity index (χ3n) is 4.53. The van der Waals surface area contributed by atoms with Crippen molar-refractivity contribution in [3.63, 3.8) is 0 Å². The van der Waals surface area contributed by atoms with E-state index in [4.69, 9.17) is 0 Å². The molecular weight excluding hydrogens is 320 g/mol. The summed E-state index contributed by atoms with van der Waals surface area (Å²) in [6, 6.07) is 0. The van der Waals surface area contributed by atoms with Crippen LogP contribution in [0.3, 0.4) is 0 Å². The Morgan fingerprint density at radius 3 is 2.58 bits per heavy atom. The van der Waals surface area contributed by atoms with Crippen molar-refractivity contribution in [1.29, 1.82) is 0 Å². The van der Waals surface area contributed by atoms with Crippen LogP contribution in [0.2, 0.25) is 0 Å². The molecule has 24 heavy (non-hydrogen) atoms. The molecule has 2 fully saturated rings. The minimum Gasteiger partial charge on any atom is -0.357 e. The second kappa shape index (κ2) is 8.45. The fourth-order valence-corrected chi connectivity index (χ4v) is 5.12. The Balaban J connectivity index is 2.00. The summed E-state index contributed by atoms with van der Waals surface area (Å²) in [4.78, 5) is 19.1. The van der Waals surface area contributed by atoms with Crippen molar-refractivity contribution in [2.75, 3.05) is 31.9 Å². The van der Waals surface area contributed by atoms with Gasteiger partial charge < -0.3 is 15.5 Å². The minimum atomic E-state index is -0.209. The summed E-state index contributed by atoms with van der Waals surface area (Å²) in [6.45, 7) is 11.2. The third-order valence-corrected chi connectivity index (χ3v) is 6.07. The Morgan fingerprint density at radius 2 is 1.96 bits per heavy atom. The summed E-state index contributed by atoms with van der Waals surface area (Å²) in [5, 5.41) is 6.36. The Kier molecular flexibility index (Phi) is 6.84. The minimum absolute atomic E-state index is 0.0170. The van der Waals surface area contributed by atoms with E-state index in [-0.39, 0.29) is 18.0 Å². The van der Waals surface area contributed by atoms with Gasteiger partial charge in [0.1, 0.15) is 6.54 Å². The molecule has 1 aliphatic carbocycles. The molecule has 5 nitrogen and oxygen atoms in total. The SMILES string of the molecule is CCNC(=NCC(=O)NC(C)(C)C)N1CCSC2(CCCCC2)C1. The molecule has 1 saturated carbocycles. The van der Waals surface area contributed by atoms with Crippen LogP contribution in [-0.4, -0.2) is 59.0 Å². The van der Waals surface area contributed by atoms with E-state index in [1.54, 1.807) is 0 Å². The highest BCUT2D eigenvalue weighted by molar-refractivity contribution is 8.00. The van der Waals surface area contributed by atoms with Gasteiger partial charge in [-0.3, -0.25) is 4.79 Å². The standard InChI is InChI=1S/C18H34N4OS/c1-5-19-16(20-13-15(23)21-17(2,3)4)22-11-12-24-18(14-22)9-7-6-8-10-18/h5-14H2,1-4H3,(H,19,20)(H,21,23). The maximum atomic E-state index is 12.1. The number of nitrogens with zero attached hydrogens (tertiary/aromatic N) is 2. The Labute approximate surface area is 151 Å². The van der Waals surface area contributed by atoms with Crippen molar-refractivity contribution in [3.05, 3.63) is 0 Å². The molecule has 0 radical (unpaired) electrons. The topological polar surface area (TPSA) is 56.7 Å². The lowest BCUT2D eigenvalue weighted by Crippen LogP contribution is -2.53. The Hall–Kier alpha value is -0.910. The van der Waals surface area contributed by atoms with E-state index in [0.717, 1.165) is 31.3 Å². The number of hydrogen-bond acceptors (Lipinski definition) is 3. The number of amides is 1. The maximum absolute atomic E-state index is 12.1. The number of hydrogen-bond donors (Lipinski definition) is 2. The molecule has 1 saturated heterocycles. The van der Waals surface area contributed by atoms with Crippen LogP contribution < -0.4 is 10.6 Å². The lowest BCUT2D eigenvalue weighted by molar-refractivity contribution is -0.121. The van der Waals surface area contributed by atoms with Gasteiger partial charge in [-0.25, -0.2) is 4.99 Å². The van der Waals surface area contributed by atoms with Gasteiger partial charge in [0.15, 0.2) is 5.96 Å². The molecule has 138 valence electrons. The molecule has 1 aliphatic heterocycles. The molecule has 0 aromatic heterocycles. The van der Waals surface area contributed by atoms with Crippen LogP contribution in [0.1, 0.15) is 59.8 Å². The predicted octanol–water partition coefficient (Wildman–Crippen LogP) is 2.62. The fraction of sp³-hybridized carbons (Fsp3) is 0.889. The van der Waals surface area contributed by atoms with E-state index in [0.29, 0.717) is 4.75 Å². The van der Waals surface area contributed by atoms with Crippen LogP contribution in [0.4, 0.5) is 0 Å². The molecule has 2 N–H and O–H groups in total. The highest BCUT2D eigenvalue weighted by Crippen LogP contribution is 2.42. The fourth-order valence-electron chi connectivity index (χ4n) is 3.55. The molecule has 2 rings (SSSR count). The quantitative estimate of drug-likeness (QED) is 0.604.